The van der Waals surface area contributed by atoms with Crippen molar-refractivity contribution in [1.29, 1.82) is 0 Å². The van der Waals surface area contributed by atoms with Crippen LogP contribution in [0.4, 0.5) is 0 Å². The lowest BCUT2D eigenvalue weighted by Crippen LogP contribution is -2.10. The molecular weight excluding hydrogens is 494 g/mol. The van der Waals surface area contributed by atoms with E-state index in [0.717, 1.165) is 77.2 Å². The number of hydrogen-bond acceptors (Lipinski definition) is 4. The van der Waals surface area contributed by atoms with Gasteiger partial charge in [-0.2, -0.15) is 0 Å². The van der Waals surface area contributed by atoms with Gasteiger partial charge in [0.25, 0.3) is 0 Å². The molecule has 4 nitrogen and oxygen atoms in total. The second-order valence-corrected chi connectivity index (χ2v) is 9.94. The first kappa shape index (κ1) is 24.0. The maximum atomic E-state index is 9.65. The number of furan rings is 1. The highest BCUT2D eigenvalue weighted by Gasteiger charge is 2.22. The summed E-state index contributed by atoms with van der Waals surface area (Å²) in [5.74, 6) is 0. The van der Waals surface area contributed by atoms with Crippen LogP contribution in [-0.2, 0) is 11.3 Å². The van der Waals surface area contributed by atoms with Gasteiger partial charge in [-0.25, -0.2) is 0 Å². The number of ether oxygens (including phenoxy) is 1. The molecular formula is C36H27NO3. The van der Waals surface area contributed by atoms with Gasteiger partial charge >= 0.3 is 0 Å². The summed E-state index contributed by atoms with van der Waals surface area (Å²) in [4.78, 5) is 0. The van der Waals surface area contributed by atoms with Crippen molar-refractivity contribution < 1.29 is 14.3 Å². The molecule has 1 aliphatic rings. The van der Waals surface area contributed by atoms with Crippen LogP contribution < -0.4 is 5.32 Å². The van der Waals surface area contributed by atoms with Gasteiger partial charge in [-0.15, -0.1) is 0 Å². The minimum absolute atomic E-state index is 0.00128. The van der Waals surface area contributed by atoms with Gasteiger partial charge in [0.1, 0.15) is 17.4 Å². The van der Waals surface area contributed by atoms with Gasteiger partial charge in [0.15, 0.2) is 6.23 Å². The molecule has 5 aromatic carbocycles. The first-order chi connectivity index (χ1) is 19.7. The molecule has 2 heterocycles. The zero-order valence-corrected chi connectivity index (χ0v) is 21.9. The summed E-state index contributed by atoms with van der Waals surface area (Å²) in [5.41, 5.74) is 9.88. The molecule has 0 bridgehead atoms. The lowest BCUT2D eigenvalue weighted by atomic mass is 9.82. The van der Waals surface area contributed by atoms with E-state index in [-0.39, 0.29) is 12.8 Å². The predicted octanol–water partition coefficient (Wildman–Crippen LogP) is 8.94. The molecule has 40 heavy (non-hydrogen) atoms. The summed E-state index contributed by atoms with van der Waals surface area (Å²) >= 11 is 0. The standard InChI is InChI=1S/C36H27NO3/c1-3-26-27(4-2)35(24-13-15-25(16-14-24)36-37-17-18-39-36)31-20-33-29(28-7-5-6-8-32(28)40-33)19-30(31)34(26)23-11-9-22(21-38)10-12-23/h3-20,36-38H,1-2,21H2. The number of hydrogen-bond donors (Lipinski definition) is 2. The van der Waals surface area contributed by atoms with E-state index in [4.69, 9.17) is 9.15 Å². The van der Waals surface area contributed by atoms with Crippen molar-refractivity contribution in [2.75, 3.05) is 0 Å². The quantitative estimate of drug-likeness (QED) is 0.230. The molecule has 0 aliphatic carbocycles. The second kappa shape index (κ2) is 9.60. The molecule has 1 aliphatic heterocycles. The number of aliphatic hydroxyl groups excluding tert-OH is 1. The Morgan fingerprint density at radius 1 is 0.725 bits per heavy atom. The molecule has 2 N–H and O–H groups in total. The van der Waals surface area contributed by atoms with Gasteiger partial charge in [0.2, 0.25) is 0 Å². The van der Waals surface area contributed by atoms with Gasteiger partial charge in [-0.1, -0.05) is 92.0 Å². The molecule has 1 unspecified atom stereocenters. The van der Waals surface area contributed by atoms with Crippen LogP contribution >= 0.6 is 0 Å². The van der Waals surface area contributed by atoms with Gasteiger partial charge < -0.3 is 19.6 Å². The van der Waals surface area contributed by atoms with Gasteiger partial charge in [0.05, 0.1) is 6.61 Å². The maximum absolute atomic E-state index is 9.65. The monoisotopic (exact) mass is 521 g/mol. The molecule has 6 aromatic rings. The van der Waals surface area contributed by atoms with E-state index in [2.05, 4.69) is 73.1 Å². The molecule has 1 aromatic heterocycles. The number of fused-ring (bicyclic) bond motifs is 4. The van der Waals surface area contributed by atoms with E-state index in [9.17, 15) is 5.11 Å². The molecule has 0 saturated heterocycles. The Kier molecular flexibility index (Phi) is 5.76. The predicted molar refractivity (Wildman–Crippen MR) is 164 cm³/mol. The summed E-state index contributed by atoms with van der Waals surface area (Å²) in [6.07, 6.45) is 7.13. The fraction of sp³-hybridized carbons (Fsp3) is 0.0556. The second-order valence-electron chi connectivity index (χ2n) is 9.94. The summed E-state index contributed by atoms with van der Waals surface area (Å²) in [7, 11) is 0. The van der Waals surface area contributed by atoms with Crippen LogP contribution in [0.25, 0.3) is 67.1 Å². The van der Waals surface area contributed by atoms with E-state index in [0.29, 0.717) is 0 Å². The van der Waals surface area contributed by atoms with Crippen molar-refractivity contribution >= 4 is 44.9 Å². The minimum atomic E-state index is -0.187. The first-order valence-electron chi connectivity index (χ1n) is 13.3. The molecule has 1 atom stereocenters. The SMILES string of the molecule is C=Cc1c(C=C)c(-c2ccc(CO)cc2)c2cc3c(cc2c1-c1ccc(C2NC=CO2)cc1)oc1ccccc13. The first-order valence-corrected chi connectivity index (χ1v) is 13.3. The number of para-hydroxylation sites is 1. The van der Waals surface area contributed by atoms with Crippen molar-refractivity contribution in [3.63, 3.8) is 0 Å². The molecule has 0 spiro atoms. The highest BCUT2D eigenvalue weighted by atomic mass is 16.5. The van der Waals surface area contributed by atoms with Crippen LogP contribution in [0.1, 0.15) is 28.5 Å². The molecule has 194 valence electrons. The average Bonchev–Trinajstić information content (AvgIpc) is 3.67. The zero-order valence-electron chi connectivity index (χ0n) is 21.9. The van der Waals surface area contributed by atoms with Crippen molar-refractivity contribution in [3.05, 3.63) is 133 Å². The molecule has 4 heteroatoms. The van der Waals surface area contributed by atoms with Crippen LogP contribution in [0.15, 0.2) is 115 Å². The lowest BCUT2D eigenvalue weighted by Gasteiger charge is -2.21. The van der Waals surface area contributed by atoms with E-state index < -0.39 is 0 Å². The molecule has 0 amide bonds. The fourth-order valence-corrected chi connectivity index (χ4v) is 5.85. The van der Waals surface area contributed by atoms with Gasteiger partial charge in [-0.05, 0) is 67.9 Å². The van der Waals surface area contributed by atoms with Crippen LogP contribution in [0.5, 0.6) is 0 Å². The summed E-state index contributed by atoms with van der Waals surface area (Å²) in [6, 6.07) is 29.0. The maximum Gasteiger partial charge on any atom is 0.195 e. The topological polar surface area (TPSA) is 54.6 Å². The van der Waals surface area contributed by atoms with Crippen LogP contribution in [0.2, 0.25) is 0 Å². The Morgan fingerprint density at radius 2 is 1.38 bits per heavy atom. The Morgan fingerprint density at radius 3 is 2.00 bits per heavy atom. The van der Waals surface area contributed by atoms with E-state index >= 15 is 0 Å². The van der Waals surface area contributed by atoms with Crippen molar-refractivity contribution in [3.8, 4) is 22.3 Å². The summed E-state index contributed by atoms with van der Waals surface area (Å²) in [5, 5.41) is 17.2. The smallest absolute Gasteiger partial charge is 0.195 e. The highest BCUT2D eigenvalue weighted by Crippen LogP contribution is 2.46. The highest BCUT2D eigenvalue weighted by molar-refractivity contribution is 6.18. The largest absolute Gasteiger partial charge is 0.473 e. The Balaban J connectivity index is 1.58. The van der Waals surface area contributed by atoms with Gasteiger partial charge in [0, 0.05) is 22.5 Å². The van der Waals surface area contributed by atoms with E-state index in [1.807, 2.05) is 48.7 Å². The molecule has 0 saturated carbocycles. The molecule has 7 rings (SSSR count). The van der Waals surface area contributed by atoms with Crippen molar-refractivity contribution in [1.82, 2.24) is 5.32 Å². The third-order valence-corrected chi connectivity index (χ3v) is 7.75. The fourth-order valence-electron chi connectivity index (χ4n) is 5.85. The Hall–Kier alpha value is -5.06. The van der Waals surface area contributed by atoms with E-state index in [1.54, 1.807) is 6.26 Å². The number of benzene rings is 5. The number of aliphatic hydroxyl groups is 1. The number of rotatable bonds is 6. The third-order valence-electron chi connectivity index (χ3n) is 7.75. The van der Waals surface area contributed by atoms with Crippen molar-refractivity contribution in [2.45, 2.75) is 12.8 Å². The molecule has 0 radical (unpaired) electrons. The van der Waals surface area contributed by atoms with Gasteiger partial charge in [-0.3, -0.25) is 0 Å². The third kappa shape index (κ3) is 3.73. The molecule has 0 fully saturated rings. The zero-order chi connectivity index (χ0) is 27.2. The summed E-state index contributed by atoms with van der Waals surface area (Å²) < 4.78 is 12.0. The van der Waals surface area contributed by atoms with Crippen LogP contribution in [0, 0.1) is 0 Å². The van der Waals surface area contributed by atoms with Crippen molar-refractivity contribution in [2.24, 2.45) is 0 Å². The van der Waals surface area contributed by atoms with Crippen LogP contribution in [-0.4, -0.2) is 5.11 Å². The van der Waals surface area contributed by atoms with Crippen LogP contribution in [0.3, 0.4) is 0 Å². The normalized spacial score (nSPS) is 14.5. The lowest BCUT2D eigenvalue weighted by molar-refractivity contribution is 0.155. The summed E-state index contributed by atoms with van der Waals surface area (Å²) in [6.45, 7) is 8.46. The minimum Gasteiger partial charge on any atom is -0.473 e. The Bertz CT molecular complexity index is 1950. The average molecular weight is 522 g/mol. The number of nitrogens with one attached hydrogen (secondary N) is 1. The van der Waals surface area contributed by atoms with E-state index in [1.165, 1.54) is 0 Å². The Labute approximate surface area is 232 Å².